The van der Waals surface area contributed by atoms with Gasteiger partial charge in [0.25, 0.3) is 0 Å². The molecule has 0 fully saturated rings. The molecule has 0 bridgehead atoms. The van der Waals surface area contributed by atoms with Crippen LogP contribution in [0.25, 0.3) is 0 Å². The minimum absolute atomic E-state index is 0.291. The van der Waals surface area contributed by atoms with Crippen molar-refractivity contribution < 1.29 is 23.4 Å². The molecule has 0 aliphatic rings. The van der Waals surface area contributed by atoms with Crippen molar-refractivity contribution in [2.75, 3.05) is 12.0 Å². The standard InChI is InChI=1S/C6H12O5S/c1-6(9,5(7)8)3-4-12(2,10)11/h9H,3-4H2,1-2H3,(H,7,8)/t6-/m0/s1. The highest BCUT2D eigenvalue weighted by molar-refractivity contribution is 7.90. The summed E-state index contributed by atoms with van der Waals surface area (Å²) in [6, 6.07) is 0. The number of hydrogen-bond donors (Lipinski definition) is 2. The molecule has 12 heavy (non-hydrogen) atoms. The fourth-order valence-corrected chi connectivity index (χ4v) is 1.26. The molecule has 0 aliphatic heterocycles. The fraction of sp³-hybridized carbons (Fsp3) is 0.833. The Bertz CT molecular complexity index is 264. The Morgan fingerprint density at radius 3 is 2.17 bits per heavy atom. The predicted molar refractivity (Wildman–Crippen MR) is 42.6 cm³/mol. The highest BCUT2D eigenvalue weighted by Crippen LogP contribution is 2.10. The Kier molecular flexibility index (Phi) is 3.23. The number of aliphatic hydroxyl groups is 1. The molecule has 5 nitrogen and oxygen atoms in total. The number of carboxylic acid groups (broad SMARTS) is 1. The molecule has 0 aromatic carbocycles. The molecule has 0 aromatic heterocycles. The minimum atomic E-state index is -3.21. The lowest BCUT2D eigenvalue weighted by atomic mass is 10.1. The van der Waals surface area contributed by atoms with Crippen LogP contribution >= 0.6 is 0 Å². The topological polar surface area (TPSA) is 91.7 Å². The maximum Gasteiger partial charge on any atom is 0.335 e. The van der Waals surface area contributed by atoms with Crippen LogP contribution in [-0.4, -0.2) is 42.2 Å². The van der Waals surface area contributed by atoms with Crippen molar-refractivity contribution in [3.05, 3.63) is 0 Å². The summed E-state index contributed by atoms with van der Waals surface area (Å²) in [6.45, 7) is 1.07. The molecule has 0 heterocycles. The van der Waals surface area contributed by atoms with Crippen molar-refractivity contribution in [2.45, 2.75) is 18.9 Å². The molecule has 72 valence electrons. The first-order valence-corrected chi connectivity index (χ1v) is 5.35. The maximum absolute atomic E-state index is 10.6. The van der Waals surface area contributed by atoms with Crippen LogP contribution in [0.2, 0.25) is 0 Å². The summed E-state index contributed by atoms with van der Waals surface area (Å²) in [5.41, 5.74) is -1.96. The third-order valence-corrected chi connectivity index (χ3v) is 2.37. The van der Waals surface area contributed by atoms with Crippen LogP contribution in [0, 0.1) is 0 Å². The average Bonchev–Trinajstić information content (AvgIpc) is 1.82. The summed E-state index contributed by atoms with van der Waals surface area (Å²) < 4.78 is 21.2. The number of hydrogen-bond acceptors (Lipinski definition) is 4. The first-order valence-electron chi connectivity index (χ1n) is 3.29. The number of sulfone groups is 1. The van der Waals surface area contributed by atoms with Gasteiger partial charge in [0.2, 0.25) is 0 Å². The van der Waals surface area contributed by atoms with Gasteiger partial charge in [-0.2, -0.15) is 0 Å². The molecule has 0 saturated heterocycles. The van der Waals surface area contributed by atoms with Crippen LogP contribution in [0.1, 0.15) is 13.3 Å². The van der Waals surface area contributed by atoms with Crippen molar-refractivity contribution >= 4 is 15.8 Å². The van der Waals surface area contributed by atoms with Gasteiger partial charge in [0, 0.05) is 12.7 Å². The zero-order chi connectivity index (χ0) is 9.99. The van der Waals surface area contributed by atoms with Crippen LogP contribution < -0.4 is 0 Å². The zero-order valence-electron chi connectivity index (χ0n) is 6.94. The Hall–Kier alpha value is -0.620. The van der Waals surface area contributed by atoms with E-state index in [0.717, 1.165) is 13.2 Å². The normalized spacial score (nSPS) is 16.9. The zero-order valence-corrected chi connectivity index (χ0v) is 7.76. The molecule has 0 saturated carbocycles. The number of aliphatic carboxylic acids is 1. The molecule has 2 N–H and O–H groups in total. The SMILES string of the molecule is C[C@](O)(CCS(C)(=O)=O)C(=O)O. The van der Waals surface area contributed by atoms with E-state index in [0.29, 0.717) is 0 Å². The summed E-state index contributed by atoms with van der Waals surface area (Å²) in [4.78, 5) is 10.3. The van der Waals surface area contributed by atoms with E-state index in [9.17, 15) is 13.2 Å². The quantitative estimate of drug-likeness (QED) is 0.617. The van der Waals surface area contributed by atoms with Crippen LogP contribution in [-0.2, 0) is 14.6 Å². The highest BCUT2D eigenvalue weighted by Gasteiger charge is 2.30. The third-order valence-electron chi connectivity index (χ3n) is 1.42. The molecular formula is C6H12O5S. The minimum Gasteiger partial charge on any atom is -0.479 e. The van der Waals surface area contributed by atoms with Crippen molar-refractivity contribution in [2.24, 2.45) is 0 Å². The van der Waals surface area contributed by atoms with E-state index in [1.165, 1.54) is 0 Å². The highest BCUT2D eigenvalue weighted by atomic mass is 32.2. The number of carboxylic acids is 1. The largest absolute Gasteiger partial charge is 0.479 e. The Balaban J connectivity index is 4.20. The Labute approximate surface area is 70.9 Å². The van der Waals surface area contributed by atoms with E-state index in [-0.39, 0.29) is 12.2 Å². The molecule has 0 radical (unpaired) electrons. The Morgan fingerprint density at radius 1 is 1.50 bits per heavy atom. The molecular weight excluding hydrogens is 184 g/mol. The Morgan fingerprint density at radius 2 is 1.92 bits per heavy atom. The van der Waals surface area contributed by atoms with Gasteiger partial charge in [-0.1, -0.05) is 0 Å². The van der Waals surface area contributed by atoms with Crippen molar-refractivity contribution in [3.8, 4) is 0 Å². The van der Waals surface area contributed by atoms with E-state index >= 15 is 0 Å². The first-order chi connectivity index (χ1) is 5.15. The summed E-state index contributed by atoms with van der Waals surface area (Å²) >= 11 is 0. The second-order valence-corrected chi connectivity index (χ2v) is 5.22. The van der Waals surface area contributed by atoms with Gasteiger partial charge in [-0.15, -0.1) is 0 Å². The molecule has 0 rings (SSSR count). The smallest absolute Gasteiger partial charge is 0.335 e. The molecule has 0 amide bonds. The number of rotatable bonds is 4. The summed E-state index contributed by atoms with van der Waals surface area (Å²) in [7, 11) is -3.21. The van der Waals surface area contributed by atoms with Gasteiger partial charge in [0.05, 0.1) is 5.75 Å². The summed E-state index contributed by atoms with van der Waals surface area (Å²) in [5.74, 6) is -1.74. The van der Waals surface area contributed by atoms with E-state index in [4.69, 9.17) is 10.2 Å². The average molecular weight is 196 g/mol. The summed E-state index contributed by atoms with van der Waals surface area (Å²) in [6.07, 6.45) is 0.700. The predicted octanol–water partition coefficient (Wildman–Crippen LogP) is -0.743. The van der Waals surface area contributed by atoms with E-state index < -0.39 is 21.4 Å². The number of carbonyl (C=O) groups is 1. The lowest BCUT2D eigenvalue weighted by Gasteiger charge is -2.16. The second kappa shape index (κ2) is 3.40. The van der Waals surface area contributed by atoms with Crippen LogP contribution in [0.15, 0.2) is 0 Å². The van der Waals surface area contributed by atoms with Gasteiger partial charge in [-0.05, 0) is 6.92 Å². The van der Waals surface area contributed by atoms with Crippen molar-refractivity contribution in [1.82, 2.24) is 0 Å². The monoisotopic (exact) mass is 196 g/mol. The molecule has 6 heteroatoms. The van der Waals surface area contributed by atoms with Gasteiger partial charge in [-0.3, -0.25) is 0 Å². The lowest BCUT2D eigenvalue weighted by Crippen LogP contribution is -2.36. The van der Waals surface area contributed by atoms with Gasteiger partial charge in [-0.25, -0.2) is 13.2 Å². The van der Waals surface area contributed by atoms with Crippen LogP contribution in [0.4, 0.5) is 0 Å². The van der Waals surface area contributed by atoms with Gasteiger partial charge >= 0.3 is 5.97 Å². The van der Waals surface area contributed by atoms with E-state index in [1.54, 1.807) is 0 Å². The molecule has 0 aromatic rings. The molecule has 0 unspecified atom stereocenters. The van der Waals surface area contributed by atoms with E-state index in [1.807, 2.05) is 0 Å². The summed E-state index contributed by atoms with van der Waals surface area (Å²) in [5, 5.41) is 17.5. The molecule has 1 atom stereocenters. The lowest BCUT2D eigenvalue weighted by molar-refractivity contribution is -0.156. The molecule has 0 aliphatic carbocycles. The maximum atomic E-state index is 10.6. The van der Waals surface area contributed by atoms with Gasteiger partial charge < -0.3 is 10.2 Å². The third kappa shape index (κ3) is 4.30. The van der Waals surface area contributed by atoms with Crippen LogP contribution in [0.3, 0.4) is 0 Å². The van der Waals surface area contributed by atoms with E-state index in [2.05, 4.69) is 0 Å². The van der Waals surface area contributed by atoms with Crippen molar-refractivity contribution in [1.29, 1.82) is 0 Å². The van der Waals surface area contributed by atoms with Gasteiger partial charge in [0.15, 0.2) is 5.60 Å². The molecule has 0 spiro atoms. The van der Waals surface area contributed by atoms with Crippen molar-refractivity contribution in [3.63, 3.8) is 0 Å². The fourth-order valence-electron chi connectivity index (χ4n) is 0.491. The first kappa shape index (κ1) is 11.4. The van der Waals surface area contributed by atoms with Gasteiger partial charge in [0.1, 0.15) is 9.84 Å². The van der Waals surface area contributed by atoms with Crippen LogP contribution in [0.5, 0.6) is 0 Å². The second-order valence-electron chi connectivity index (χ2n) is 2.96.